The van der Waals surface area contributed by atoms with Crippen molar-refractivity contribution in [2.45, 2.75) is 25.5 Å². The van der Waals surface area contributed by atoms with Crippen LogP contribution in [0.5, 0.6) is 0 Å². The Morgan fingerprint density at radius 3 is 3.00 bits per heavy atom. The van der Waals surface area contributed by atoms with Gasteiger partial charge in [-0.2, -0.15) is 5.10 Å². The fraction of sp³-hybridized carbons (Fsp3) is 0.714. The zero-order valence-corrected chi connectivity index (χ0v) is 6.95. The summed E-state index contributed by atoms with van der Waals surface area (Å²) in [6, 6.07) is 0.0419. The van der Waals surface area contributed by atoms with Gasteiger partial charge >= 0.3 is 0 Å². The van der Waals surface area contributed by atoms with E-state index in [2.05, 4.69) is 15.2 Å². The number of nitrogens with one attached hydrogen (secondary N) is 1. The predicted molar refractivity (Wildman–Crippen MR) is 42.4 cm³/mol. The van der Waals surface area contributed by atoms with Crippen LogP contribution in [0.3, 0.4) is 0 Å². The Labute approximate surface area is 70.3 Å². The molecule has 0 saturated carbocycles. The van der Waals surface area contributed by atoms with Crippen LogP contribution in [0, 0.1) is 6.92 Å². The van der Waals surface area contributed by atoms with Gasteiger partial charge in [0.05, 0.1) is 0 Å². The van der Waals surface area contributed by atoms with E-state index in [1.807, 2.05) is 6.92 Å². The molecule has 5 nitrogen and oxygen atoms in total. The third kappa shape index (κ3) is 1.21. The molecule has 0 spiro atoms. The van der Waals surface area contributed by atoms with Gasteiger partial charge in [0.25, 0.3) is 0 Å². The van der Waals surface area contributed by atoms with Crippen molar-refractivity contribution in [2.24, 2.45) is 5.73 Å². The third-order valence-electron chi connectivity index (χ3n) is 2.01. The lowest BCUT2D eigenvalue weighted by atomic mass is 10.1. The first kappa shape index (κ1) is 7.70. The minimum absolute atomic E-state index is 0.0419. The second-order valence-corrected chi connectivity index (χ2v) is 3.02. The van der Waals surface area contributed by atoms with Gasteiger partial charge in [-0.3, -0.25) is 5.10 Å². The first-order chi connectivity index (χ1) is 5.77. The highest BCUT2D eigenvalue weighted by Gasteiger charge is 2.29. The maximum Gasteiger partial charge on any atom is 0.180 e. The van der Waals surface area contributed by atoms with Crippen LogP contribution < -0.4 is 5.73 Å². The minimum atomic E-state index is -0.116. The molecule has 1 fully saturated rings. The Morgan fingerprint density at radius 1 is 1.67 bits per heavy atom. The maximum absolute atomic E-state index is 5.80. The van der Waals surface area contributed by atoms with Gasteiger partial charge in [0, 0.05) is 12.6 Å². The molecule has 2 rings (SSSR count). The topological polar surface area (TPSA) is 76.8 Å². The number of aromatic amines is 1. The lowest BCUT2D eigenvalue weighted by Gasteiger charge is -2.08. The number of nitrogens with two attached hydrogens (primary N) is 1. The van der Waals surface area contributed by atoms with Gasteiger partial charge in [-0.25, -0.2) is 4.98 Å². The van der Waals surface area contributed by atoms with Crippen LogP contribution in [0.15, 0.2) is 0 Å². The van der Waals surface area contributed by atoms with Crippen LogP contribution in [0.25, 0.3) is 0 Å². The summed E-state index contributed by atoms with van der Waals surface area (Å²) in [7, 11) is 0. The summed E-state index contributed by atoms with van der Waals surface area (Å²) in [6.07, 6.45) is 0.771. The van der Waals surface area contributed by atoms with Crippen LogP contribution >= 0.6 is 0 Å². The van der Waals surface area contributed by atoms with E-state index >= 15 is 0 Å². The maximum atomic E-state index is 5.80. The van der Waals surface area contributed by atoms with Crippen molar-refractivity contribution in [1.82, 2.24) is 15.2 Å². The SMILES string of the molecule is Cc1nc([C@@H]2OCC[C@@H]2N)n[nH]1. The smallest absolute Gasteiger partial charge is 0.180 e. The first-order valence-electron chi connectivity index (χ1n) is 4.03. The molecule has 0 unspecified atom stereocenters. The van der Waals surface area contributed by atoms with Crippen LogP contribution in [-0.2, 0) is 4.74 Å². The minimum Gasteiger partial charge on any atom is -0.368 e. The molecule has 0 amide bonds. The quantitative estimate of drug-likeness (QED) is 0.614. The van der Waals surface area contributed by atoms with E-state index < -0.39 is 0 Å². The van der Waals surface area contributed by atoms with Crippen LogP contribution in [0.4, 0.5) is 0 Å². The number of H-pyrrole nitrogens is 1. The Bertz CT molecular complexity index is 272. The number of hydrogen-bond acceptors (Lipinski definition) is 4. The van der Waals surface area contributed by atoms with Gasteiger partial charge in [0.2, 0.25) is 0 Å². The van der Waals surface area contributed by atoms with Gasteiger partial charge in [0.1, 0.15) is 11.9 Å². The highest BCUT2D eigenvalue weighted by molar-refractivity contribution is 4.98. The van der Waals surface area contributed by atoms with Gasteiger partial charge in [0.15, 0.2) is 5.82 Å². The second-order valence-electron chi connectivity index (χ2n) is 3.02. The third-order valence-corrected chi connectivity index (χ3v) is 2.01. The summed E-state index contributed by atoms with van der Waals surface area (Å²) < 4.78 is 5.39. The molecular formula is C7H12N4O. The summed E-state index contributed by atoms with van der Waals surface area (Å²) in [5.74, 6) is 1.48. The predicted octanol–water partition coefficient (Wildman–Crippen LogP) is -0.0982. The first-order valence-corrected chi connectivity index (χ1v) is 4.03. The number of nitrogens with zero attached hydrogens (tertiary/aromatic N) is 2. The van der Waals surface area contributed by atoms with Crippen molar-refractivity contribution in [3.8, 4) is 0 Å². The zero-order chi connectivity index (χ0) is 8.55. The highest BCUT2D eigenvalue weighted by Crippen LogP contribution is 2.24. The molecule has 0 bridgehead atoms. The number of hydrogen-bond donors (Lipinski definition) is 2. The van der Waals surface area contributed by atoms with E-state index in [1.165, 1.54) is 0 Å². The normalized spacial score (nSPS) is 29.5. The average Bonchev–Trinajstić information content (AvgIpc) is 2.58. The molecule has 1 aromatic heterocycles. The van der Waals surface area contributed by atoms with Crippen molar-refractivity contribution in [1.29, 1.82) is 0 Å². The molecule has 2 heterocycles. The number of ether oxygens (including phenoxy) is 1. The van der Waals surface area contributed by atoms with Crippen molar-refractivity contribution >= 4 is 0 Å². The van der Waals surface area contributed by atoms with Crippen LogP contribution in [0.1, 0.15) is 24.2 Å². The van der Waals surface area contributed by atoms with E-state index in [0.29, 0.717) is 12.4 Å². The zero-order valence-electron chi connectivity index (χ0n) is 6.95. The average molecular weight is 168 g/mol. The molecule has 1 aromatic rings. The van der Waals surface area contributed by atoms with Gasteiger partial charge in [-0.1, -0.05) is 0 Å². The van der Waals surface area contributed by atoms with Gasteiger partial charge < -0.3 is 10.5 Å². The van der Waals surface area contributed by atoms with E-state index in [4.69, 9.17) is 10.5 Å². The molecule has 0 aliphatic carbocycles. The van der Waals surface area contributed by atoms with Crippen molar-refractivity contribution in [3.63, 3.8) is 0 Å². The molecule has 1 aliphatic heterocycles. The summed E-state index contributed by atoms with van der Waals surface area (Å²) in [6.45, 7) is 2.57. The Morgan fingerprint density at radius 2 is 2.50 bits per heavy atom. The standard InChI is InChI=1S/C7H12N4O/c1-4-9-7(11-10-4)6-5(8)2-3-12-6/h5-6H,2-3,8H2,1H3,(H,9,10,11)/t5-,6+/m0/s1. The highest BCUT2D eigenvalue weighted by atomic mass is 16.5. The number of aryl methyl sites for hydroxylation is 1. The van der Waals surface area contributed by atoms with Crippen molar-refractivity contribution in [3.05, 3.63) is 11.6 Å². The largest absolute Gasteiger partial charge is 0.368 e. The Balaban J connectivity index is 2.19. The molecule has 12 heavy (non-hydrogen) atoms. The summed E-state index contributed by atoms with van der Waals surface area (Å²) in [5.41, 5.74) is 5.80. The van der Waals surface area contributed by atoms with Crippen LogP contribution in [0.2, 0.25) is 0 Å². The van der Waals surface area contributed by atoms with Gasteiger partial charge in [-0.15, -0.1) is 0 Å². The molecular weight excluding hydrogens is 156 g/mol. The Kier molecular flexibility index (Phi) is 1.82. The molecule has 1 aliphatic rings. The van der Waals surface area contributed by atoms with Crippen LogP contribution in [-0.4, -0.2) is 27.8 Å². The van der Waals surface area contributed by atoms with E-state index in [9.17, 15) is 0 Å². The fourth-order valence-electron chi connectivity index (χ4n) is 1.36. The summed E-state index contributed by atoms with van der Waals surface area (Å²) in [4.78, 5) is 4.17. The van der Waals surface area contributed by atoms with Crippen molar-refractivity contribution in [2.75, 3.05) is 6.61 Å². The molecule has 1 saturated heterocycles. The molecule has 5 heteroatoms. The number of rotatable bonds is 1. The molecule has 2 atom stereocenters. The van der Waals surface area contributed by atoms with Crippen molar-refractivity contribution < 1.29 is 4.74 Å². The summed E-state index contributed by atoms with van der Waals surface area (Å²) in [5, 5.41) is 6.78. The van der Waals surface area contributed by atoms with E-state index in [1.54, 1.807) is 0 Å². The molecule has 0 radical (unpaired) electrons. The van der Waals surface area contributed by atoms with E-state index in [0.717, 1.165) is 12.2 Å². The lowest BCUT2D eigenvalue weighted by Crippen LogP contribution is -2.24. The lowest BCUT2D eigenvalue weighted by molar-refractivity contribution is 0.0981. The van der Waals surface area contributed by atoms with E-state index in [-0.39, 0.29) is 12.1 Å². The summed E-state index contributed by atoms with van der Waals surface area (Å²) >= 11 is 0. The van der Waals surface area contributed by atoms with Gasteiger partial charge in [-0.05, 0) is 13.3 Å². The monoisotopic (exact) mass is 168 g/mol. The second kappa shape index (κ2) is 2.84. The Hall–Kier alpha value is -0.940. The molecule has 3 N–H and O–H groups in total. The molecule has 0 aromatic carbocycles. The fourth-order valence-corrected chi connectivity index (χ4v) is 1.36. The number of aromatic nitrogens is 3. The molecule has 66 valence electrons.